The summed E-state index contributed by atoms with van der Waals surface area (Å²) in [5, 5.41) is 0. The lowest BCUT2D eigenvalue weighted by Crippen LogP contribution is -2.41. The molecular formula is C54H107N2+. The van der Waals surface area contributed by atoms with Gasteiger partial charge < -0.3 is 0 Å². The van der Waals surface area contributed by atoms with Gasteiger partial charge in [-0.15, -0.1) is 0 Å². The number of rotatable bonds is 47. The number of aromatic amines is 1. The maximum atomic E-state index is 3.80. The van der Waals surface area contributed by atoms with Gasteiger partial charge in [0, 0.05) is 0 Å². The molecule has 0 aliphatic heterocycles. The highest BCUT2D eigenvalue weighted by molar-refractivity contribution is 4.90. The first-order chi connectivity index (χ1) is 27.7. The van der Waals surface area contributed by atoms with Gasteiger partial charge in [-0.3, -0.25) is 0 Å². The van der Waals surface area contributed by atoms with Gasteiger partial charge in [0.05, 0.1) is 12.0 Å². The monoisotopic (exact) mass is 784 g/mol. The Balaban J connectivity index is 2.32. The smallest absolute Gasteiger partial charge is 0.247 e. The number of hydrogen-bond donors (Lipinski definition) is 1. The number of H-pyrrole nitrogens is 1. The molecule has 1 aromatic rings. The van der Waals surface area contributed by atoms with Crippen LogP contribution in [0.25, 0.3) is 0 Å². The van der Waals surface area contributed by atoms with E-state index in [-0.39, 0.29) is 0 Å². The average molecular weight is 784 g/mol. The third-order valence-electron chi connectivity index (χ3n) is 13.4. The van der Waals surface area contributed by atoms with Crippen LogP contribution in [0.1, 0.15) is 334 Å². The summed E-state index contributed by atoms with van der Waals surface area (Å²) < 4.78 is 2.66. The van der Waals surface area contributed by atoms with Gasteiger partial charge in [-0.05, 0) is 32.6 Å². The molecule has 1 heterocycles. The fraction of sp³-hybridized carbons (Fsp3) is 0.944. The van der Waals surface area contributed by atoms with E-state index in [0.29, 0.717) is 12.0 Å². The van der Waals surface area contributed by atoms with E-state index in [1.165, 1.54) is 289 Å². The molecule has 0 bridgehead atoms. The lowest BCUT2D eigenvalue weighted by atomic mass is 9.92. The molecule has 2 heteroatoms. The molecule has 0 saturated heterocycles. The first kappa shape index (κ1) is 53.2. The molecule has 0 aliphatic carbocycles. The third-order valence-corrected chi connectivity index (χ3v) is 13.4. The van der Waals surface area contributed by atoms with E-state index in [9.17, 15) is 0 Å². The van der Waals surface area contributed by atoms with E-state index >= 15 is 0 Å². The molecule has 2 atom stereocenters. The van der Waals surface area contributed by atoms with E-state index in [2.05, 4.69) is 49.6 Å². The van der Waals surface area contributed by atoms with Crippen LogP contribution in [-0.4, -0.2) is 4.98 Å². The Morgan fingerprint density at radius 2 is 0.571 bits per heavy atom. The maximum Gasteiger partial charge on any atom is 0.257 e. The summed E-state index contributed by atoms with van der Waals surface area (Å²) in [4.78, 5) is 3.80. The number of unbranched alkanes of at least 4 members (excludes halogenated alkanes) is 39. The fourth-order valence-corrected chi connectivity index (χ4v) is 9.43. The van der Waals surface area contributed by atoms with Crippen molar-refractivity contribution in [2.45, 2.75) is 329 Å². The molecule has 1 aromatic heterocycles. The Bertz CT molecular complexity index is 858. The molecule has 0 saturated carbocycles. The molecule has 2 unspecified atom stereocenters. The molecule has 56 heavy (non-hydrogen) atoms. The van der Waals surface area contributed by atoms with Crippen molar-refractivity contribution >= 4 is 0 Å². The second-order valence-electron chi connectivity index (χ2n) is 19.0. The summed E-state index contributed by atoms with van der Waals surface area (Å²) >= 11 is 0. The van der Waals surface area contributed by atoms with E-state index in [1.807, 2.05) is 0 Å². The van der Waals surface area contributed by atoms with Crippen molar-refractivity contribution in [3.8, 4) is 0 Å². The summed E-state index contributed by atoms with van der Waals surface area (Å²) in [6.07, 6.45) is 69.6. The van der Waals surface area contributed by atoms with Crippen LogP contribution in [0.15, 0.2) is 12.4 Å². The Hall–Kier alpha value is -0.790. The van der Waals surface area contributed by atoms with Gasteiger partial charge in [0.1, 0.15) is 12.4 Å². The molecule has 0 fully saturated rings. The van der Waals surface area contributed by atoms with Crippen molar-refractivity contribution in [2.24, 2.45) is 0 Å². The van der Waals surface area contributed by atoms with Crippen LogP contribution < -0.4 is 4.57 Å². The summed E-state index contributed by atoms with van der Waals surface area (Å²) in [6, 6.07) is 0.615. The van der Waals surface area contributed by atoms with Crippen LogP contribution in [0.3, 0.4) is 0 Å². The summed E-state index contributed by atoms with van der Waals surface area (Å²) in [5.41, 5.74) is 0. The molecule has 0 aliphatic rings. The van der Waals surface area contributed by atoms with Gasteiger partial charge in [0.25, 0.3) is 5.82 Å². The first-order valence-electron chi connectivity index (χ1n) is 26.8. The van der Waals surface area contributed by atoms with Gasteiger partial charge >= 0.3 is 0 Å². The summed E-state index contributed by atoms with van der Waals surface area (Å²) in [7, 11) is 0. The quantitative estimate of drug-likeness (QED) is 0.0502. The van der Waals surface area contributed by atoms with Crippen molar-refractivity contribution in [1.82, 2.24) is 4.98 Å². The van der Waals surface area contributed by atoms with Gasteiger partial charge in [-0.25, -0.2) is 9.55 Å². The van der Waals surface area contributed by atoms with Crippen LogP contribution in [0.2, 0.25) is 0 Å². The summed E-state index contributed by atoms with van der Waals surface area (Å²) in [5.74, 6) is 2.25. The molecule has 0 amide bonds. The Labute approximate surface area is 355 Å². The van der Waals surface area contributed by atoms with Crippen LogP contribution in [0, 0.1) is 0 Å². The number of aromatic nitrogens is 2. The van der Waals surface area contributed by atoms with E-state index in [1.54, 1.807) is 5.82 Å². The molecule has 1 N–H and O–H groups in total. The molecule has 1 rings (SSSR count). The van der Waals surface area contributed by atoms with Crippen molar-refractivity contribution in [1.29, 1.82) is 0 Å². The summed E-state index contributed by atoms with van der Waals surface area (Å²) in [6.45, 7) is 9.44. The minimum atomic E-state index is 0.615. The minimum Gasteiger partial charge on any atom is -0.247 e. The molecule has 2 nitrogen and oxygen atoms in total. The van der Waals surface area contributed by atoms with Gasteiger partial charge in [0.2, 0.25) is 0 Å². The molecule has 0 radical (unpaired) electrons. The predicted octanol–water partition coefficient (Wildman–Crippen LogP) is 19.6. The number of nitrogens with one attached hydrogen (secondary N) is 1. The lowest BCUT2D eigenvalue weighted by Gasteiger charge is -2.17. The zero-order valence-corrected chi connectivity index (χ0v) is 39.6. The Morgan fingerprint density at radius 1 is 0.339 bits per heavy atom. The first-order valence-corrected chi connectivity index (χ1v) is 26.8. The fourth-order valence-electron chi connectivity index (χ4n) is 9.43. The predicted molar refractivity (Wildman–Crippen MR) is 253 cm³/mol. The molecule has 0 aromatic carbocycles. The van der Waals surface area contributed by atoms with E-state index < -0.39 is 0 Å². The minimum absolute atomic E-state index is 0.615. The van der Waals surface area contributed by atoms with Crippen molar-refractivity contribution in [3.05, 3.63) is 18.2 Å². The maximum absolute atomic E-state index is 3.80. The highest BCUT2D eigenvalue weighted by Gasteiger charge is 2.25. The van der Waals surface area contributed by atoms with Crippen LogP contribution >= 0.6 is 0 Å². The zero-order valence-electron chi connectivity index (χ0n) is 39.6. The second kappa shape index (κ2) is 43.8. The number of imidazole rings is 1. The lowest BCUT2D eigenvalue weighted by molar-refractivity contribution is -0.727. The van der Waals surface area contributed by atoms with Gasteiger partial charge in [-0.2, -0.15) is 0 Å². The van der Waals surface area contributed by atoms with Gasteiger partial charge in [-0.1, -0.05) is 284 Å². The van der Waals surface area contributed by atoms with E-state index in [0.717, 1.165) is 0 Å². The highest BCUT2D eigenvalue weighted by Crippen LogP contribution is 2.28. The zero-order chi connectivity index (χ0) is 40.3. The van der Waals surface area contributed by atoms with Crippen LogP contribution in [0.4, 0.5) is 0 Å². The van der Waals surface area contributed by atoms with Crippen molar-refractivity contribution < 1.29 is 4.57 Å². The van der Waals surface area contributed by atoms with Crippen molar-refractivity contribution in [3.63, 3.8) is 0 Å². The largest absolute Gasteiger partial charge is 0.257 e. The third kappa shape index (κ3) is 34.1. The Morgan fingerprint density at radius 3 is 0.839 bits per heavy atom. The molecule has 332 valence electrons. The van der Waals surface area contributed by atoms with Crippen LogP contribution in [0.5, 0.6) is 0 Å². The number of nitrogens with zero attached hydrogens (tertiary/aromatic N) is 1. The SMILES string of the molecule is CCCCCCCCCCCCCCCCCCCC(CCCCCCCCCCCCCCCCCC)c1[nH]cc[n+]1C(C)CCCCCCCCCCC. The average Bonchev–Trinajstić information content (AvgIpc) is 3.70. The standard InChI is InChI=1S/C54H106N2/c1-5-8-11-14-17-20-22-24-26-28-30-32-34-37-40-43-46-49-53(48-45-42-39-36-33-31-29-27-25-23-21-18-15-12-9-6-2)54-55-50-51-56(54)52(4)47-44-41-38-35-19-16-13-10-7-3/h50-53H,5-49H2,1-4H3/p+1. The topological polar surface area (TPSA) is 19.7 Å². The highest BCUT2D eigenvalue weighted by atomic mass is 15.1. The normalized spacial score (nSPS) is 12.9. The Kier molecular flexibility index (Phi) is 41.6. The van der Waals surface area contributed by atoms with Crippen molar-refractivity contribution in [2.75, 3.05) is 0 Å². The van der Waals surface area contributed by atoms with Gasteiger partial charge in [0.15, 0.2) is 0 Å². The molecular weight excluding hydrogens is 677 g/mol. The second-order valence-corrected chi connectivity index (χ2v) is 19.0. The molecule has 0 spiro atoms. The van der Waals surface area contributed by atoms with E-state index in [4.69, 9.17) is 0 Å². The van der Waals surface area contributed by atoms with Crippen LogP contribution in [-0.2, 0) is 0 Å². The number of hydrogen-bond acceptors (Lipinski definition) is 0.